The molecule has 1 rings (SSSR count). The van der Waals surface area contributed by atoms with Gasteiger partial charge in [0, 0.05) is 13.0 Å². The standard InChI is InChI=1S/C10H19NO2/c1-2-3-10(13)11-7-8-4-5-9(12)6-8/h8-9,12H,2-7H2,1H3,(H,11,13). The van der Waals surface area contributed by atoms with Crippen molar-refractivity contribution >= 4 is 5.91 Å². The zero-order chi connectivity index (χ0) is 9.68. The molecule has 0 saturated heterocycles. The Morgan fingerprint density at radius 3 is 2.85 bits per heavy atom. The van der Waals surface area contributed by atoms with E-state index in [0.29, 0.717) is 12.3 Å². The molecular weight excluding hydrogens is 166 g/mol. The third kappa shape index (κ3) is 3.77. The maximum absolute atomic E-state index is 11.1. The fraction of sp³-hybridized carbons (Fsp3) is 0.900. The molecule has 3 nitrogen and oxygen atoms in total. The van der Waals surface area contributed by atoms with Gasteiger partial charge in [0.15, 0.2) is 0 Å². The Hall–Kier alpha value is -0.570. The number of aliphatic hydroxyl groups is 1. The van der Waals surface area contributed by atoms with E-state index in [1.54, 1.807) is 0 Å². The van der Waals surface area contributed by atoms with E-state index in [0.717, 1.165) is 32.2 Å². The lowest BCUT2D eigenvalue weighted by atomic mass is 10.1. The van der Waals surface area contributed by atoms with Gasteiger partial charge in [0.05, 0.1) is 6.10 Å². The summed E-state index contributed by atoms with van der Waals surface area (Å²) in [5, 5.41) is 12.2. The van der Waals surface area contributed by atoms with Crippen LogP contribution in [0.25, 0.3) is 0 Å². The van der Waals surface area contributed by atoms with E-state index in [1.165, 1.54) is 0 Å². The fourth-order valence-electron chi connectivity index (χ4n) is 1.81. The molecule has 2 atom stereocenters. The van der Waals surface area contributed by atoms with Gasteiger partial charge in [-0.25, -0.2) is 0 Å². The highest BCUT2D eigenvalue weighted by atomic mass is 16.3. The molecule has 0 aromatic carbocycles. The summed E-state index contributed by atoms with van der Waals surface area (Å²) in [5.74, 6) is 0.639. The van der Waals surface area contributed by atoms with E-state index in [4.69, 9.17) is 0 Å². The number of carbonyl (C=O) groups is 1. The zero-order valence-corrected chi connectivity index (χ0v) is 8.25. The first-order valence-electron chi connectivity index (χ1n) is 5.17. The van der Waals surface area contributed by atoms with Crippen molar-refractivity contribution in [3.05, 3.63) is 0 Å². The first-order chi connectivity index (χ1) is 6.22. The van der Waals surface area contributed by atoms with E-state index < -0.39 is 0 Å². The third-order valence-electron chi connectivity index (χ3n) is 2.58. The van der Waals surface area contributed by atoms with Crippen molar-refractivity contribution in [3.8, 4) is 0 Å². The van der Waals surface area contributed by atoms with Gasteiger partial charge in [0.2, 0.25) is 5.91 Å². The molecule has 13 heavy (non-hydrogen) atoms. The monoisotopic (exact) mass is 185 g/mol. The van der Waals surface area contributed by atoms with Crippen LogP contribution >= 0.6 is 0 Å². The second-order valence-electron chi connectivity index (χ2n) is 3.89. The second kappa shape index (κ2) is 5.22. The molecule has 0 bridgehead atoms. The predicted molar refractivity (Wildman–Crippen MR) is 51.3 cm³/mol. The van der Waals surface area contributed by atoms with Crippen molar-refractivity contribution in [1.82, 2.24) is 5.32 Å². The van der Waals surface area contributed by atoms with Crippen LogP contribution in [0, 0.1) is 5.92 Å². The Bertz CT molecular complexity index is 170. The van der Waals surface area contributed by atoms with Crippen LogP contribution < -0.4 is 5.32 Å². The Morgan fingerprint density at radius 1 is 1.54 bits per heavy atom. The normalized spacial score (nSPS) is 27.5. The van der Waals surface area contributed by atoms with Crippen LogP contribution in [-0.2, 0) is 4.79 Å². The van der Waals surface area contributed by atoms with Crippen molar-refractivity contribution in [2.45, 2.75) is 45.1 Å². The molecule has 0 radical (unpaired) electrons. The average molecular weight is 185 g/mol. The topological polar surface area (TPSA) is 49.3 Å². The van der Waals surface area contributed by atoms with E-state index in [1.807, 2.05) is 6.92 Å². The van der Waals surface area contributed by atoms with E-state index in [2.05, 4.69) is 5.32 Å². The molecule has 1 amide bonds. The van der Waals surface area contributed by atoms with Gasteiger partial charge in [0.25, 0.3) is 0 Å². The average Bonchev–Trinajstić information content (AvgIpc) is 2.49. The van der Waals surface area contributed by atoms with Crippen LogP contribution in [0.2, 0.25) is 0 Å². The fourth-order valence-corrected chi connectivity index (χ4v) is 1.81. The van der Waals surface area contributed by atoms with Crippen LogP contribution in [0.3, 0.4) is 0 Å². The molecule has 2 N–H and O–H groups in total. The van der Waals surface area contributed by atoms with Crippen LogP contribution in [0.4, 0.5) is 0 Å². The van der Waals surface area contributed by atoms with Crippen molar-refractivity contribution in [1.29, 1.82) is 0 Å². The maximum Gasteiger partial charge on any atom is 0.219 e. The molecule has 0 heterocycles. The molecule has 2 unspecified atom stereocenters. The Morgan fingerprint density at radius 2 is 2.31 bits per heavy atom. The minimum Gasteiger partial charge on any atom is -0.393 e. The number of rotatable bonds is 4. The van der Waals surface area contributed by atoms with Crippen LogP contribution in [-0.4, -0.2) is 23.7 Å². The number of amides is 1. The van der Waals surface area contributed by atoms with Gasteiger partial charge in [-0.3, -0.25) is 4.79 Å². The van der Waals surface area contributed by atoms with Crippen LogP contribution in [0.15, 0.2) is 0 Å². The Labute approximate surface area is 79.5 Å². The summed E-state index contributed by atoms with van der Waals surface area (Å²) in [6, 6.07) is 0. The molecule has 1 saturated carbocycles. The molecule has 0 aliphatic heterocycles. The highest BCUT2D eigenvalue weighted by molar-refractivity contribution is 5.75. The van der Waals surface area contributed by atoms with Gasteiger partial charge in [-0.2, -0.15) is 0 Å². The third-order valence-corrected chi connectivity index (χ3v) is 2.58. The molecular formula is C10H19NO2. The van der Waals surface area contributed by atoms with Gasteiger partial charge in [0.1, 0.15) is 0 Å². The number of hydrogen-bond donors (Lipinski definition) is 2. The summed E-state index contributed by atoms with van der Waals surface area (Å²) in [5.41, 5.74) is 0. The minimum absolute atomic E-state index is 0.131. The van der Waals surface area contributed by atoms with Gasteiger partial charge in [-0.1, -0.05) is 6.92 Å². The zero-order valence-electron chi connectivity index (χ0n) is 8.25. The second-order valence-corrected chi connectivity index (χ2v) is 3.89. The molecule has 76 valence electrons. The highest BCUT2D eigenvalue weighted by Crippen LogP contribution is 2.24. The number of nitrogens with one attached hydrogen (secondary N) is 1. The van der Waals surface area contributed by atoms with Crippen molar-refractivity contribution in [2.75, 3.05) is 6.54 Å². The van der Waals surface area contributed by atoms with E-state index in [-0.39, 0.29) is 12.0 Å². The first-order valence-corrected chi connectivity index (χ1v) is 5.17. The largest absolute Gasteiger partial charge is 0.393 e. The van der Waals surface area contributed by atoms with Gasteiger partial charge >= 0.3 is 0 Å². The van der Waals surface area contributed by atoms with E-state index >= 15 is 0 Å². The summed E-state index contributed by atoms with van der Waals surface area (Å²) in [4.78, 5) is 11.1. The number of aliphatic hydroxyl groups excluding tert-OH is 1. The van der Waals surface area contributed by atoms with Gasteiger partial charge in [-0.15, -0.1) is 0 Å². The van der Waals surface area contributed by atoms with Crippen molar-refractivity contribution in [2.24, 2.45) is 5.92 Å². The molecule has 1 aliphatic carbocycles. The minimum atomic E-state index is -0.131. The molecule has 3 heteroatoms. The smallest absolute Gasteiger partial charge is 0.219 e. The lowest BCUT2D eigenvalue weighted by Gasteiger charge is -2.10. The van der Waals surface area contributed by atoms with Crippen molar-refractivity contribution in [3.63, 3.8) is 0 Å². The highest BCUT2D eigenvalue weighted by Gasteiger charge is 2.22. The number of carbonyl (C=O) groups excluding carboxylic acids is 1. The summed E-state index contributed by atoms with van der Waals surface area (Å²) in [6.07, 6.45) is 4.19. The maximum atomic E-state index is 11.1. The molecule has 1 fully saturated rings. The van der Waals surface area contributed by atoms with Crippen molar-refractivity contribution < 1.29 is 9.90 Å². The van der Waals surface area contributed by atoms with Gasteiger partial charge < -0.3 is 10.4 Å². The van der Waals surface area contributed by atoms with Crippen LogP contribution in [0.1, 0.15) is 39.0 Å². The van der Waals surface area contributed by atoms with Crippen LogP contribution in [0.5, 0.6) is 0 Å². The number of hydrogen-bond acceptors (Lipinski definition) is 2. The Balaban J connectivity index is 2.09. The SMILES string of the molecule is CCCC(=O)NCC1CCC(O)C1. The molecule has 1 aliphatic rings. The van der Waals surface area contributed by atoms with E-state index in [9.17, 15) is 9.90 Å². The summed E-state index contributed by atoms with van der Waals surface area (Å²) >= 11 is 0. The van der Waals surface area contributed by atoms with Gasteiger partial charge in [-0.05, 0) is 31.6 Å². The molecule has 0 spiro atoms. The quantitative estimate of drug-likeness (QED) is 0.688. The first kappa shape index (κ1) is 10.5. The predicted octanol–water partition coefficient (Wildman–Crippen LogP) is 1.06. The molecule has 0 aromatic rings. The summed E-state index contributed by atoms with van der Waals surface area (Å²) in [6.45, 7) is 2.74. The molecule has 0 aromatic heterocycles. The lowest BCUT2D eigenvalue weighted by Crippen LogP contribution is -2.28. The summed E-state index contributed by atoms with van der Waals surface area (Å²) in [7, 11) is 0. The Kier molecular flexibility index (Phi) is 4.22. The summed E-state index contributed by atoms with van der Waals surface area (Å²) < 4.78 is 0. The lowest BCUT2D eigenvalue weighted by molar-refractivity contribution is -0.121.